The lowest BCUT2D eigenvalue weighted by Gasteiger charge is -2.11. The molecule has 0 saturated carbocycles. The van der Waals surface area contributed by atoms with Crippen LogP contribution in [-0.4, -0.2) is 20.9 Å². The lowest BCUT2D eigenvalue weighted by atomic mass is 10.1. The lowest BCUT2D eigenvalue weighted by Crippen LogP contribution is -2.13. The smallest absolute Gasteiger partial charge is 0.321 e. The maximum Gasteiger partial charge on any atom is 0.321 e. The van der Waals surface area contributed by atoms with E-state index < -0.39 is 0 Å². The van der Waals surface area contributed by atoms with Crippen LogP contribution in [0.3, 0.4) is 0 Å². The lowest BCUT2D eigenvalue weighted by molar-refractivity contribution is 0.102. The third-order valence-electron chi connectivity index (χ3n) is 4.16. The van der Waals surface area contributed by atoms with Crippen molar-refractivity contribution in [2.24, 2.45) is 0 Å². The Hall–Kier alpha value is -3.78. The fraction of sp³-hybridized carbons (Fsp3) is 0.0909. The molecule has 2 aromatic carbocycles. The van der Waals surface area contributed by atoms with Crippen molar-refractivity contribution in [1.82, 2.24) is 15.0 Å². The summed E-state index contributed by atoms with van der Waals surface area (Å²) in [5, 5.41) is 4.85. The van der Waals surface area contributed by atoms with E-state index in [-0.39, 0.29) is 11.9 Å². The molecule has 30 heavy (non-hydrogen) atoms. The Balaban J connectivity index is 1.41. The predicted molar refractivity (Wildman–Crippen MR) is 114 cm³/mol. The van der Waals surface area contributed by atoms with Gasteiger partial charge in [0, 0.05) is 29.0 Å². The fourth-order valence-corrected chi connectivity index (χ4v) is 3.21. The minimum Gasteiger partial charge on any atom is -0.487 e. The summed E-state index contributed by atoms with van der Waals surface area (Å²) in [6.45, 7) is 2.25. The van der Waals surface area contributed by atoms with E-state index in [4.69, 9.17) is 9.47 Å². The summed E-state index contributed by atoms with van der Waals surface area (Å²) >= 11 is 1.52. The zero-order chi connectivity index (χ0) is 20.8. The van der Waals surface area contributed by atoms with Crippen molar-refractivity contribution in [2.75, 3.05) is 5.32 Å². The van der Waals surface area contributed by atoms with Gasteiger partial charge in [0.2, 0.25) is 0 Å². The zero-order valence-corrected chi connectivity index (χ0v) is 16.9. The van der Waals surface area contributed by atoms with Crippen LogP contribution in [0.2, 0.25) is 0 Å². The first-order valence-corrected chi connectivity index (χ1v) is 10.1. The summed E-state index contributed by atoms with van der Waals surface area (Å²) in [6.07, 6.45) is 3.22. The van der Waals surface area contributed by atoms with Crippen LogP contribution in [0.25, 0.3) is 0 Å². The summed E-state index contributed by atoms with van der Waals surface area (Å²) in [7, 11) is 0. The van der Waals surface area contributed by atoms with Crippen LogP contribution in [0, 0.1) is 6.92 Å². The van der Waals surface area contributed by atoms with Crippen molar-refractivity contribution < 1.29 is 14.3 Å². The number of nitrogens with zero attached hydrogens (tertiary/aromatic N) is 3. The van der Waals surface area contributed by atoms with E-state index in [1.165, 1.54) is 11.3 Å². The molecule has 0 bridgehead atoms. The van der Waals surface area contributed by atoms with Gasteiger partial charge in [0.1, 0.15) is 18.1 Å². The van der Waals surface area contributed by atoms with Crippen LogP contribution in [0.4, 0.5) is 5.69 Å². The monoisotopic (exact) mass is 418 g/mol. The molecule has 8 heteroatoms. The molecule has 0 aliphatic heterocycles. The highest BCUT2D eigenvalue weighted by Gasteiger charge is 2.10. The van der Waals surface area contributed by atoms with Crippen LogP contribution in [0.1, 0.15) is 21.6 Å². The summed E-state index contributed by atoms with van der Waals surface area (Å²) in [5.74, 6) is 0.977. The van der Waals surface area contributed by atoms with Gasteiger partial charge < -0.3 is 14.8 Å². The van der Waals surface area contributed by atoms with Crippen LogP contribution < -0.4 is 14.8 Å². The minimum atomic E-state index is -0.225. The molecular formula is C22H18N4O3S. The normalized spacial score (nSPS) is 10.4. The second-order valence-electron chi connectivity index (χ2n) is 6.36. The molecule has 150 valence electrons. The number of carbonyl (C=O) groups is 1. The maximum atomic E-state index is 12.7. The third-order valence-corrected chi connectivity index (χ3v) is 4.80. The van der Waals surface area contributed by atoms with Crippen molar-refractivity contribution in [2.45, 2.75) is 13.5 Å². The van der Waals surface area contributed by atoms with E-state index in [0.29, 0.717) is 29.4 Å². The SMILES string of the molecule is Cc1cc(Oc2ncccn2)ccc1NC(=O)c1cccc(OCc2cscn2)c1. The predicted octanol–water partition coefficient (Wildman–Crippen LogP) is 4.87. The van der Waals surface area contributed by atoms with Gasteiger partial charge in [0.05, 0.1) is 11.2 Å². The van der Waals surface area contributed by atoms with Gasteiger partial charge >= 0.3 is 6.01 Å². The maximum absolute atomic E-state index is 12.7. The number of benzene rings is 2. The van der Waals surface area contributed by atoms with Crippen molar-refractivity contribution in [3.63, 3.8) is 0 Å². The fourth-order valence-electron chi connectivity index (χ4n) is 2.67. The van der Waals surface area contributed by atoms with E-state index >= 15 is 0 Å². The van der Waals surface area contributed by atoms with E-state index in [2.05, 4.69) is 20.3 Å². The van der Waals surface area contributed by atoms with Crippen molar-refractivity contribution in [1.29, 1.82) is 0 Å². The van der Waals surface area contributed by atoms with Gasteiger partial charge in [-0.05, 0) is 55.0 Å². The van der Waals surface area contributed by atoms with Crippen molar-refractivity contribution in [3.8, 4) is 17.5 Å². The highest BCUT2D eigenvalue weighted by Crippen LogP contribution is 2.25. The molecule has 0 saturated heterocycles. The van der Waals surface area contributed by atoms with Crippen LogP contribution in [-0.2, 0) is 6.61 Å². The molecule has 0 radical (unpaired) electrons. The first-order chi connectivity index (χ1) is 14.7. The number of ether oxygens (including phenoxy) is 2. The summed E-state index contributed by atoms with van der Waals surface area (Å²) in [4.78, 5) is 25.0. The van der Waals surface area contributed by atoms with Crippen LogP contribution in [0.5, 0.6) is 17.5 Å². The molecule has 1 N–H and O–H groups in total. The molecule has 4 aromatic rings. The number of hydrogen-bond acceptors (Lipinski definition) is 7. The number of carbonyl (C=O) groups excluding carboxylic acids is 1. The molecule has 0 unspecified atom stereocenters. The molecule has 1 amide bonds. The molecule has 2 heterocycles. The van der Waals surface area contributed by atoms with Crippen LogP contribution in [0.15, 0.2) is 71.8 Å². The molecular weight excluding hydrogens is 400 g/mol. The first kappa shape index (κ1) is 19.5. The quantitative estimate of drug-likeness (QED) is 0.461. The van der Waals surface area contributed by atoms with Gasteiger partial charge in [-0.25, -0.2) is 15.0 Å². The average molecular weight is 418 g/mol. The van der Waals surface area contributed by atoms with E-state index in [1.807, 2.05) is 24.4 Å². The number of rotatable bonds is 7. The number of nitrogens with one attached hydrogen (secondary N) is 1. The van der Waals surface area contributed by atoms with Gasteiger partial charge in [-0.15, -0.1) is 11.3 Å². The second-order valence-corrected chi connectivity index (χ2v) is 7.08. The topological polar surface area (TPSA) is 86.2 Å². The Bertz CT molecular complexity index is 1130. The molecule has 0 fully saturated rings. The van der Waals surface area contributed by atoms with E-state index in [9.17, 15) is 4.79 Å². The average Bonchev–Trinajstić information content (AvgIpc) is 3.29. The molecule has 0 aliphatic rings. The molecule has 0 atom stereocenters. The number of anilines is 1. The Kier molecular flexibility index (Phi) is 5.95. The molecule has 2 aromatic heterocycles. The van der Waals surface area contributed by atoms with Crippen molar-refractivity contribution >= 4 is 22.9 Å². The standard InChI is InChI=1S/C22H18N4O3S/c1-15-10-19(29-22-23-8-3-9-24-22)6-7-20(15)26-21(27)16-4-2-5-18(11-16)28-12-17-13-30-14-25-17/h2-11,13-14H,12H2,1H3,(H,26,27). The number of aromatic nitrogens is 3. The van der Waals surface area contributed by atoms with Crippen LogP contribution >= 0.6 is 11.3 Å². The summed E-state index contributed by atoms with van der Waals surface area (Å²) in [5.41, 5.74) is 4.66. The van der Waals surface area contributed by atoms with E-state index in [0.717, 1.165) is 11.3 Å². The summed E-state index contributed by atoms with van der Waals surface area (Å²) in [6, 6.07) is 14.4. The third kappa shape index (κ3) is 4.98. The zero-order valence-electron chi connectivity index (χ0n) is 16.1. The van der Waals surface area contributed by atoms with Gasteiger partial charge in [-0.3, -0.25) is 4.79 Å². The molecule has 0 aliphatic carbocycles. The number of hydrogen-bond donors (Lipinski definition) is 1. The highest BCUT2D eigenvalue weighted by molar-refractivity contribution is 7.07. The highest BCUT2D eigenvalue weighted by atomic mass is 32.1. The van der Waals surface area contributed by atoms with Gasteiger partial charge in [-0.1, -0.05) is 6.07 Å². The first-order valence-electron chi connectivity index (χ1n) is 9.14. The Morgan fingerprint density at radius 2 is 1.90 bits per heavy atom. The van der Waals surface area contributed by atoms with Crippen molar-refractivity contribution in [3.05, 3.63) is 88.6 Å². The number of thiazole rings is 1. The largest absolute Gasteiger partial charge is 0.487 e. The molecule has 4 rings (SSSR count). The Morgan fingerprint density at radius 1 is 1.03 bits per heavy atom. The Morgan fingerprint density at radius 3 is 2.67 bits per heavy atom. The Labute approximate surface area is 177 Å². The number of aryl methyl sites for hydroxylation is 1. The van der Waals surface area contributed by atoms with E-state index in [1.54, 1.807) is 54.3 Å². The second kappa shape index (κ2) is 9.15. The van der Waals surface area contributed by atoms with Gasteiger partial charge in [0.15, 0.2) is 0 Å². The van der Waals surface area contributed by atoms with Gasteiger partial charge in [-0.2, -0.15) is 0 Å². The number of amides is 1. The minimum absolute atomic E-state index is 0.225. The summed E-state index contributed by atoms with van der Waals surface area (Å²) < 4.78 is 11.3. The van der Waals surface area contributed by atoms with Gasteiger partial charge in [0.25, 0.3) is 5.91 Å². The molecule has 0 spiro atoms. The molecule has 7 nitrogen and oxygen atoms in total.